The molecule has 0 aromatic carbocycles. The molecule has 0 heterocycles. The van der Waals surface area contributed by atoms with Gasteiger partial charge < -0.3 is 10.7 Å². The lowest BCUT2D eigenvalue weighted by molar-refractivity contribution is 0.296. The molecule has 0 fully saturated rings. The summed E-state index contributed by atoms with van der Waals surface area (Å²) in [5.74, 6) is 0. The van der Waals surface area contributed by atoms with Gasteiger partial charge in [0.15, 0.2) is 0 Å². The quantitative estimate of drug-likeness (QED) is 0.471. The molecule has 0 bridgehead atoms. The summed E-state index contributed by atoms with van der Waals surface area (Å²) in [6, 6.07) is 0. The van der Waals surface area contributed by atoms with Gasteiger partial charge in [-0.15, -0.1) is 0 Å². The van der Waals surface area contributed by atoms with E-state index in [4.69, 9.17) is 0 Å². The molecule has 0 spiro atoms. The number of hydrogen-bond acceptors (Lipinski definition) is 4. The predicted octanol–water partition coefficient (Wildman–Crippen LogP) is 2.63. The summed E-state index contributed by atoms with van der Waals surface area (Å²) >= 11 is 0. The molecule has 4 N–H and O–H groups in total. The van der Waals surface area contributed by atoms with Crippen LogP contribution in [0.2, 0.25) is 19.6 Å². The minimum absolute atomic E-state index is 0. The standard InChI is InChI=1S/C4H12O4SSi.3CH4.H3N/c1-10(2,3)4-8-9(5,6)7;;;;/h4H2,1-3H3,(H,5,6,7);3*1H4;1H3. The van der Waals surface area contributed by atoms with E-state index in [9.17, 15) is 13.0 Å². The fraction of sp³-hybridized carbons (Fsp3) is 1.00. The molecule has 0 aromatic heterocycles. The number of hydrogen-bond donors (Lipinski definition) is 1. The SMILES string of the molecule is C.C.C.C[Si](C)(C)COS(=O)(=O)[O-].[NH4+]. The van der Waals surface area contributed by atoms with E-state index in [-0.39, 0.29) is 34.7 Å². The van der Waals surface area contributed by atoms with Crippen molar-refractivity contribution >= 4 is 18.5 Å². The van der Waals surface area contributed by atoms with E-state index in [0.717, 1.165) is 0 Å². The molecule has 0 aliphatic heterocycles. The molecule has 94 valence electrons. The molecule has 0 aliphatic rings. The van der Waals surface area contributed by atoms with Crippen LogP contribution in [0.4, 0.5) is 0 Å². The molecule has 0 rings (SSSR count). The summed E-state index contributed by atoms with van der Waals surface area (Å²) in [5, 5.41) is 0. The van der Waals surface area contributed by atoms with E-state index in [0.29, 0.717) is 0 Å². The van der Waals surface area contributed by atoms with Crippen molar-refractivity contribution in [2.24, 2.45) is 0 Å². The van der Waals surface area contributed by atoms with Crippen LogP contribution in [0.3, 0.4) is 0 Å². The predicted molar refractivity (Wildman–Crippen MR) is 65.2 cm³/mol. The lowest BCUT2D eigenvalue weighted by Gasteiger charge is -2.16. The van der Waals surface area contributed by atoms with Crippen LogP contribution >= 0.6 is 0 Å². The molecule has 5 nitrogen and oxygen atoms in total. The average Bonchev–Trinajstić information content (AvgIpc) is 1.57. The van der Waals surface area contributed by atoms with Crippen LogP contribution in [0.5, 0.6) is 0 Å². The van der Waals surface area contributed by atoms with Crippen molar-refractivity contribution in [2.45, 2.75) is 41.9 Å². The number of quaternary nitrogens is 1. The van der Waals surface area contributed by atoms with Crippen molar-refractivity contribution < 1.29 is 17.2 Å². The molecule has 0 aromatic rings. The van der Waals surface area contributed by atoms with Crippen molar-refractivity contribution in [1.29, 1.82) is 0 Å². The first-order chi connectivity index (χ1) is 4.21. The largest absolute Gasteiger partial charge is 0.726 e. The zero-order chi connectivity index (χ0) is 8.41. The molecule has 0 radical (unpaired) electrons. The third-order valence-corrected chi connectivity index (χ3v) is 2.26. The van der Waals surface area contributed by atoms with Gasteiger partial charge in [0.2, 0.25) is 10.4 Å². The summed E-state index contributed by atoms with van der Waals surface area (Å²) in [4.78, 5) is 0. The fourth-order valence-electron chi connectivity index (χ4n) is 0.249. The summed E-state index contributed by atoms with van der Waals surface area (Å²) in [6.07, 6.45) is 0.0683. The molecule has 0 unspecified atom stereocenters. The Kier molecular flexibility index (Phi) is 20.0. The first kappa shape index (κ1) is 29.2. The van der Waals surface area contributed by atoms with Gasteiger partial charge >= 0.3 is 0 Å². The van der Waals surface area contributed by atoms with E-state index >= 15 is 0 Å². The second-order valence-electron chi connectivity index (χ2n) is 3.23. The van der Waals surface area contributed by atoms with Crippen molar-refractivity contribution in [2.75, 3.05) is 6.23 Å². The summed E-state index contributed by atoms with van der Waals surface area (Å²) in [6.45, 7) is 5.74. The first-order valence-corrected chi connectivity index (χ1v) is 7.85. The normalized spacial score (nSPS) is 9.71. The van der Waals surface area contributed by atoms with E-state index in [1.807, 2.05) is 19.6 Å². The smallest absolute Gasteiger partial charge is 0.217 e. The Morgan fingerprint density at radius 3 is 1.50 bits per heavy atom. The van der Waals surface area contributed by atoms with Gasteiger partial charge in [0.05, 0.1) is 14.3 Å². The zero-order valence-corrected chi connectivity index (χ0v) is 9.06. The van der Waals surface area contributed by atoms with Gasteiger partial charge in [0.25, 0.3) is 0 Å². The molecule has 7 heteroatoms. The minimum atomic E-state index is -4.47. The third kappa shape index (κ3) is 29.6. The fourth-order valence-corrected chi connectivity index (χ4v) is 2.24. The van der Waals surface area contributed by atoms with Crippen LogP contribution in [0.1, 0.15) is 22.3 Å². The van der Waals surface area contributed by atoms with Crippen LogP contribution < -0.4 is 6.15 Å². The minimum Gasteiger partial charge on any atom is -0.726 e. The van der Waals surface area contributed by atoms with Crippen LogP contribution in [0.15, 0.2) is 0 Å². The summed E-state index contributed by atoms with van der Waals surface area (Å²) < 4.78 is 33.8. The monoisotopic (exact) mass is 249 g/mol. The Labute approximate surface area is 90.4 Å². The topological polar surface area (TPSA) is 103 Å². The number of rotatable bonds is 3. The summed E-state index contributed by atoms with van der Waals surface area (Å²) in [7, 11) is -6.04. The average molecular weight is 249 g/mol. The Bertz CT molecular complexity index is 198. The van der Waals surface area contributed by atoms with E-state index in [1.54, 1.807) is 0 Å². The lowest BCUT2D eigenvalue weighted by Crippen LogP contribution is -2.29. The third-order valence-electron chi connectivity index (χ3n) is 0.636. The molecule has 0 atom stereocenters. The Morgan fingerprint density at radius 2 is 1.43 bits per heavy atom. The highest BCUT2D eigenvalue weighted by Crippen LogP contribution is 2.01. The Hall–Kier alpha value is 0.0469. The second kappa shape index (κ2) is 9.60. The molecule has 0 aliphatic carbocycles. The highest BCUT2D eigenvalue weighted by molar-refractivity contribution is 7.80. The molecule has 0 saturated carbocycles. The Morgan fingerprint density at radius 1 is 1.14 bits per heavy atom. The maximum atomic E-state index is 9.92. The van der Waals surface area contributed by atoms with Crippen LogP contribution in [-0.4, -0.2) is 27.3 Å². The van der Waals surface area contributed by atoms with Gasteiger partial charge in [0.1, 0.15) is 0 Å². The van der Waals surface area contributed by atoms with Crippen molar-refractivity contribution in [3.05, 3.63) is 0 Å². The van der Waals surface area contributed by atoms with Gasteiger partial charge in [-0.3, -0.25) is 4.18 Å². The first-order valence-electron chi connectivity index (χ1n) is 2.81. The van der Waals surface area contributed by atoms with Crippen molar-refractivity contribution in [3.63, 3.8) is 0 Å². The van der Waals surface area contributed by atoms with Crippen molar-refractivity contribution in [3.8, 4) is 0 Å². The molecule has 0 saturated heterocycles. The van der Waals surface area contributed by atoms with Gasteiger partial charge in [-0.05, 0) is 0 Å². The molecular formula is C7H27NO4SSi. The van der Waals surface area contributed by atoms with Gasteiger partial charge in [-0.25, -0.2) is 8.42 Å². The molecule has 14 heavy (non-hydrogen) atoms. The van der Waals surface area contributed by atoms with Gasteiger partial charge in [-0.2, -0.15) is 0 Å². The summed E-state index contributed by atoms with van der Waals surface area (Å²) in [5.41, 5.74) is 0. The Balaban J connectivity index is -0.0000000675. The van der Waals surface area contributed by atoms with E-state index < -0.39 is 18.5 Å². The van der Waals surface area contributed by atoms with Gasteiger partial charge in [-0.1, -0.05) is 41.9 Å². The van der Waals surface area contributed by atoms with Crippen LogP contribution in [0.25, 0.3) is 0 Å². The highest BCUT2D eigenvalue weighted by Gasteiger charge is 2.14. The zero-order valence-electron chi connectivity index (χ0n) is 7.25. The molecule has 0 amide bonds. The van der Waals surface area contributed by atoms with Crippen LogP contribution in [0, 0.1) is 0 Å². The van der Waals surface area contributed by atoms with E-state index in [1.165, 1.54) is 0 Å². The van der Waals surface area contributed by atoms with Crippen LogP contribution in [-0.2, 0) is 14.6 Å². The van der Waals surface area contributed by atoms with Gasteiger partial charge in [0, 0.05) is 0 Å². The lowest BCUT2D eigenvalue weighted by atomic mass is 11.7. The maximum Gasteiger partial charge on any atom is 0.217 e. The van der Waals surface area contributed by atoms with Crippen molar-refractivity contribution in [1.82, 2.24) is 6.15 Å². The van der Waals surface area contributed by atoms with E-state index in [2.05, 4.69) is 4.18 Å². The second-order valence-corrected chi connectivity index (χ2v) is 9.69. The maximum absolute atomic E-state index is 9.92. The molecular weight excluding hydrogens is 222 g/mol. The highest BCUT2D eigenvalue weighted by atomic mass is 32.3.